The summed E-state index contributed by atoms with van der Waals surface area (Å²) in [6.45, 7) is 3.39. The van der Waals surface area contributed by atoms with Crippen LogP contribution in [0.1, 0.15) is 20.7 Å². The molecule has 2 saturated heterocycles. The van der Waals surface area contributed by atoms with Gasteiger partial charge in [-0.3, -0.25) is 9.59 Å². The highest BCUT2D eigenvalue weighted by Gasteiger charge is 2.29. The minimum Gasteiger partial charge on any atom is -0.451 e. The highest BCUT2D eigenvalue weighted by molar-refractivity contribution is 5.95. The lowest BCUT2D eigenvalue weighted by Crippen LogP contribution is -2.40. The van der Waals surface area contributed by atoms with E-state index in [9.17, 15) is 27.2 Å². The molecule has 12 heteroatoms. The van der Waals surface area contributed by atoms with Crippen molar-refractivity contribution in [2.45, 2.75) is 0 Å². The summed E-state index contributed by atoms with van der Waals surface area (Å²) in [6.07, 6.45) is 0. The second-order valence-electron chi connectivity index (χ2n) is 8.98. The van der Waals surface area contributed by atoms with Crippen molar-refractivity contribution in [2.24, 2.45) is 0 Å². The van der Waals surface area contributed by atoms with E-state index in [4.69, 9.17) is 18.9 Å². The Morgan fingerprint density at radius 2 is 0.850 bits per heavy atom. The van der Waals surface area contributed by atoms with E-state index < -0.39 is 34.8 Å². The summed E-state index contributed by atoms with van der Waals surface area (Å²) in [6, 6.07) is 10.5. The van der Waals surface area contributed by atoms with E-state index in [2.05, 4.69) is 0 Å². The molecular formula is C28H24F4N2O6. The van der Waals surface area contributed by atoms with Gasteiger partial charge in [-0.05, 0) is 48.5 Å². The first-order valence-electron chi connectivity index (χ1n) is 12.5. The van der Waals surface area contributed by atoms with Gasteiger partial charge >= 0.3 is 0 Å². The van der Waals surface area contributed by atoms with Crippen LogP contribution >= 0.6 is 0 Å². The molecule has 0 unspecified atom stereocenters. The number of hydrogen-bond donors (Lipinski definition) is 0. The lowest BCUT2D eigenvalue weighted by atomic mass is 10.2. The number of halogens is 4. The zero-order valence-corrected chi connectivity index (χ0v) is 21.1. The highest BCUT2D eigenvalue weighted by Crippen LogP contribution is 2.39. The monoisotopic (exact) mass is 560 g/mol. The molecular weight excluding hydrogens is 536 g/mol. The molecule has 2 fully saturated rings. The third-order valence-corrected chi connectivity index (χ3v) is 6.42. The number of amides is 2. The number of carbonyl (C=O) groups is 2. The molecule has 0 saturated carbocycles. The van der Waals surface area contributed by atoms with E-state index in [1.807, 2.05) is 0 Å². The molecule has 0 atom stereocenters. The van der Waals surface area contributed by atoms with Crippen LogP contribution in [0.4, 0.5) is 17.6 Å². The lowest BCUT2D eigenvalue weighted by Gasteiger charge is -2.26. The summed E-state index contributed by atoms with van der Waals surface area (Å²) in [5.74, 6) is -10.6. The quantitative estimate of drug-likeness (QED) is 0.319. The van der Waals surface area contributed by atoms with Crippen LogP contribution in [0.3, 0.4) is 0 Å². The van der Waals surface area contributed by atoms with Gasteiger partial charge in [-0.15, -0.1) is 0 Å². The molecule has 5 rings (SSSR count). The maximum Gasteiger partial charge on any atom is 0.254 e. The van der Waals surface area contributed by atoms with Crippen LogP contribution in [0.25, 0.3) is 0 Å². The molecule has 210 valence electrons. The van der Waals surface area contributed by atoms with E-state index in [0.717, 1.165) is 0 Å². The fraction of sp³-hybridized carbons (Fsp3) is 0.286. The van der Waals surface area contributed by atoms with Crippen molar-refractivity contribution in [3.63, 3.8) is 0 Å². The fourth-order valence-electron chi connectivity index (χ4n) is 4.24. The van der Waals surface area contributed by atoms with Gasteiger partial charge in [0, 0.05) is 37.3 Å². The maximum absolute atomic E-state index is 14.8. The number of morpholine rings is 2. The van der Waals surface area contributed by atoms with Crippen molar-refractivity contribution in [3.8, 4) is 23.0 Å². The first kappa shape index (κ1) is 27.4. The molecule has 2 aliphatic rings. The molecule has 3 aromatic carbocycles. The zero-order valence-electron chi connectivity index (χ0n) is 21.1. The van der Waals surface area contributed by atoms with E-state index in [0.29, 0.717) is 63.7 Å². The van der Waals surface area contributed by atoms with Crippen molar-refractivity contribution >= 4 is 11.8 Å². The molecule has 0 bridgehead atoms. The summed E-state index contributed by atoms with van der Waals surface area (Å²) in [5, 5.41) is 0. The summed E-state index contributed by atoms with van der Waals surface area (Å²) < 4.78 is 79.8. The van der Waals surface area contributed by atoms with Crippen LogP contribution in [0.2, 0.25) is 0 Å². The Balaban J connectivity index is 1.30. The normalized spacial score (nSPS) is 15.6. The first-order valence-corrected chi connectivity index (χ1v) is 12.5. The zero-order chi connectivity index (χ0) is 28.2. The number of nitrogens with zero attached hydrogens (tertiary/aromatic N) is 2. The van der Waals surface area contributed by atoms with E-state index >= 15 is 0 Å². The summed E-state index contributed by atoms with van der Waals surface area (Å²) in [4.78, 5) is 28.3. The average Bonchev–Trinajstić information content (AvgIpc) is 3.01. The second-order valence-corrected chi connectivity index (χ2v) is 8.98. The standard InChI is InChI=1S/C28H24F4N2O6/c29-21-23(31)26(40-20-7-3-18(4-8-20)28(36)34-11-15-38-16-12-34)24(32)22(30)25(21)39-19-5-1-17(2-6-19)27(35)33-9-13-37-14-10-33/h1-8H,9-16H2. The van der Waals surface area contributed by atoms with Gasteiger partial charge in [0.15, 0.2) is 0 Å². The van der Waals surface area contributed by atoms with Crippen LogP contribution in [-0.4, -0.2) is 74.2 Å². The van der Waals surface area contributed by atoms with Gasteiger partial charge in [-0.1, -0.05) is 0 Å². The fourth-order valence-corrected chi connectivity index (χ4v) is 4.24. The van der Waals surface area contributed by atoms with Crippen molar-refractivity contribution in [1.29, 1.82) is 0 Å². The van der Waals surface area contributed by atoms with Crippen molar-refractivity contribution in [2.75, 3.05) is 52.6 Å². The maximum atomic E-state index is 14.8. The van der Waals surface area contributed by atoms with Gasteiger partial charge in [0.25, 0.3) is 11.8 Å². The number of benzene rings is 3. The Hall–Kier alpha value is -4.16. The molecule has 0 radical (unpaired) electrons. The predicted molar refractivity (Wildman–Crippen MR) is 133 cm³/mol. The Bertz CT molecular complexity index is 1250. The largest absolute Gasteiger partial charge is 0.451 e. The van der Waals surface area contributed by atoms with Gasteiger partial charge in [-0.25, -0.2) is 0 Å². The Labute approximate surface area is 226 Å². The molecule has 0 aromatic heterocycles. The van der Waals surface area contributed by atoms with Crippen molar-refractivity contribution in [3.05, 3.63) is 82.9 Å². The van der Waals surface area contributed by atoms with E-state index in [-0.39, 0.29) is 23.3 Å². The predicted octanol–water partition coefficient (Wildman–Crippen LogP) is 4.77. The van der Waals surface area contributed by atoms with Crippen molar-refractivity contribution < 1.29 is 46.1 Å². The number of ether oxygens (including phenoxy) is 4. The second kappa shape index (κ2) is 11.9. The molecule has 0 aliphatic carbocycles. The van der Waals surface area contributed by atoms with Crippen LogP contribution in [-0.2, 0) is 9.47 Å². The van der Waals surface area contributed by atoms with E-state index in [1.54, 1.807) is 9.80 Å². The van der Waals surface area contributed by atoms with Gasteiger partial charge in [-0.2, -0.15) is 17.6 Å². The topological polar surface area (TPSA) is 77.5 Å². The van der Waals surface area contributed by atoms with Crippen LogP contribution in [0.15, 0.2) is 48.5 Å². The molecule has 2 amide bonds. The molecule has 3 aromatic rings. The van der Waals surface area contributed by atoms with Crippen LogP contribution < -0.4 is 9.47 Å². The van der Waals surface area contributed by atoms with Crippen LogP contribution in [0, 0.1) is 23.3 Å². The molecule has 40 heavy (non-hydrogen) atoms. The summed E-state index contributed by atoms with van der Waals surface area (Å²) in [5.41, 5.74) is 0.600. The lowest BCUT2D eigenvalue weighted by molar-refractivity contribution is 0.0301. The minimum atomic E-state index is -1.80. The number of carbonyl (C=O) groups excluding carboxylic acids is 2. The van der Waals surface area contributed by atoms with Gasteiger partial charge in [0.1, 0.15) is 11.5 Å². The Morgan fingerprint density at radius 3 is 1.15 bits per heavy atom. The van der Waals surface area contributed by atoms with Gasteiger partial charge in [0.05, 0.1) is 26.4 Å². The molecule has 0 spiro atoms. The summed E-state index contributed by atoms with van der Waals surface area (Å²) in [7, 11) is 0. The first-order chi connectivity index (χ1) is 19.3. The minimum absolute atomic E-state index is 0.149. The third-order valence-electron chi connectivity index (χ3n) is 6.42. The van der Waals surface area contributed by atoms with E-state index in [1.165, 1.54) is 48.5 Å². The summed E-state index contributed by atoms with van der Waals surface area (Å²) >= 11 is 0. The number of hydrogen-bond acceptors (Lipinski definition) is 6. The third kappa shape index (κ3) is 5.73. The molecule has 0 N–H and O–H groups in total. The van der Waals surface area contributed by atoms with Gasteiger partial charge < -0.3 is 28.7 Å². The molecule has 2 aliphatic heterocycles. The highest BCUT2D eigenvalue weighted by atomic mass is 19.2. The SMILES string of the molecule is O=C(c1ccc(Oc2c(F)c(F)c(Oc3ccc(C(=O)N4CCOCC4)cc3)c(F)c2F)cc1)N1CCOCC1. The van der Waals surface area contributed by atoms with Gasteiger partial charge in [0.2, 0.25) is 34.8 Å². The Morgan fingerprint density at radius 1 is 0.550 bits per heavy atom. The average molecular weight is 561 g/mol. The Kier molecular flexibility index (Phi) is 8.17. The van der Waals surface area contributed by atoms with Crippen molar-refractivity contribution in [1.82, 2.24) is 9.80 Å². The smallest absolute Gasteiger partial charge is 0.254 e. The molecule has 8 nitrogen and oxygen atoms in total. The van der Waals surface area contributed by atoms with Crippen LogP contribution in [0.5, 0.6) is 23.0 Å². The number of rotatable bonds is 6. The molecule has 2 heterocycles.